The average molecular weight is 211 g/mol. The van der Waals surface area contributed by atoms with Crippen molar-refractivity contribution in [3.8, 4) is 10.6 Å². The van der Waals surface area contributed by atoms with Gasteiger partial charge in [0.2, 0.25) is 0 Å². The van der Waals surface area contributed by atoms with E-state index >= 15 is 0 Å². The van der Waals surface area contributed by atoms with Gasteiger partial charge in [-0.25, -0.2) is 0 Å². The second kappa shape index (κ2) is 3.53. The summed E-state index contributed by atoms with van der Waals surface area (Å²) in [6.07, 6.45) is 0. The molecule has 0 unspecified atom stereocenters. The van der Waals surface area contributed by atoms with Crippen molar-refractivity contribution >= 4 is 22.7 Å². The standard InChI is InChI=1S/C8H9N3S2/c1-5-3-12-4-6(5)8-11-10-7(2-9)13-8/h3-4H,2,9H2,1H3. The van der Waals surface area contributed by atoms with E-state index in [4.69, 9.17) is 5.73 Å². The van der Waals surface area contributed by atoms with Gasteiger partial charge in [0.15, 0.2) is 0 Å². The third kappa shape index (κ3) is 1.63. The van der Waals surface area contributed by atoms with Crippen molar-refractivity contribution in [2.75, 3.05) is 0 Å². The lowest BCUT2D eigenvalue weighted by atomic mass is 10.2. The normalized spacial score (nSPS) is 10.6. The summed E-state index contributed by atoms with van der Waals surface area (Å²) >= 11 is 3.25. The molecular formula is C8H9N3S2. The van der Waals surface area contributed by atoms with Gasteiger partial charge in [-0.2, -0.15) is 11.3 Å². The zero-order valence-electron chi connectivity index (χ0n) is 7.15. The number of aromatic nitrogens is 2. The predicted octanol–water partition coefficient (Wildman–Crippen LogP) is 2.03. The van der Waals surface area contributed by atoms with Gasteiger partial charge in [-0.05, 0) is 17.9 Å². The lowest BCUT2D eigenvalue weighted by Crippen LogP contribution is -1.94. The predicted molar refractivity (Wildman–Crippen MR) is 55.9 cm³/mol. The number of nitrogens with two attached hydrogens (primary N) is 1. The molecule has 2 heterocycles. The van der Waals surface area contributed by atoms with Crippen LogP contribution in [0.5, 0.6) is 0 Å². The van der Waals surface area contributed by atoms with Crippen LogP contribution in [-0.2, 0) is 6.54 Å². The van der Waals surface area contributed by atoms with E-state index in [-0.39, 0.29) is 0 Å². The first-order valence-electron chi connectivity index (χ1n) is 3.87. The number of nitrogens with zero attached hydrogens (tertiary/aromatic N) is 2. The van der Waals surface area contributed by atoms with Crippen molar-refractivity contribution in [3.05, 3.63) is 21.3 Å². The Morgan fingerprint density at radius 2 is 2.23 bits per heavy atom. The van der Waals surface area contributed by atoms with Crippen LogP contribution in [0, 0.1) is 6.92 Å². The van der Waals surface area contributed by atoms with Crippen LogP contribution in [0.2, 0.25) is 0 Å². The van der Waals surface area contributed by atoms with E-state index in [1.54, 1.807) is 22.7 Å². The van der Waals surface area contributed by atoms with E-state index in [2.05, 4.69) is 27.9 Å². The molecule has 0 radical (unpaired) electrons. The molecule has 3 nitrogen and oxygen atoms in total. The Balaban J connectivity index is 2.41. The van der Waals surface area contributed by atoms with Crippen LogP contribution in [0.15, 0.2) is 10.8 Å². The molecule has 0 saturated heterocycles. The second-order valence-corrected chi connectivity index (χ2v) is 4.48. The number of rotatable bonds is 2. The zero-order valence-corrected chi connectivity index (χ0v) is 8.78. The van der Waals surface area contributed by atoms with Crippen LogP contribution in [0.4, 0.5) is 0 Å². The number of aryl methyl sites for hydroxylation is 1. The number of hydrogen-bond donors (Lipinski definition) is 1. The van der Waals surface area contributed by atoms with Crippen LogP contribution in [0.25, 0.3) is 10.6 Å². The Labute approximate surface area is 84.2 Å². The van der Waals surface area contributed by atoms with Crippen molar-refractivity contribution in [3.63, 3.8) is 0 Å². The summed E-state index contributed by atoms with van der Waals surface area (Å²) in [6.45, 7) is 2.55. The van der Waals surface area contributed by atoms with Crippen LogP contribution in [0.3, 0.4) is 0 Å². The zero-order chi connectivity index (χ0) is 9.26. The van der Waals surface area contributed by atoms with E-state index in [0.717, 1.165) is 10.0 Å². The summed E-state index contributed by atoms with van der Waals surface area (Å²) in [7, 11) is 0. The van der Waals surface area contributed by atoms with Crippen LogP contribution >= 0.6 is 22.7 Å². The minimum absolute atomic E-state index is 0.473. The molecule has 0 spiro atoms. The SMILES string of the molecule is Cc1cscc1-c1nnc(CN)s1. The van der Waals surface area contributed by atoms with Crippen molar-refractivity contribution in [1.82, 2.24) is 10.2 Å². The van der Waals surface area contributed by atoms with Gasteiger partial charge in [0.25, 0.3) is 0 Å². The van der Waals surface area contributed by atoms with Gasteiger partial charge < -0.3 is 5.73 Å². The van der Waals surface area contributed by atoms with Gasteiger partial charge in [0.1, 0.15) is 10.0 Å². The van der Waals surface area contributed by atoms with Crippen LogP contribution in [-0.4, -0.2) is 10.2 Å². The van der Waals surface area contributed by atoms with Gasteiger partial charge in [-0.15, -0.1) is 10.2 Å². The maximum atomic E-state index is 5.47. The van der Waals surface area contributed by atoms with Gasteiger partial charge in [0.05, 0.1) is 0 Å². The molecule has 0 amide bonds. The van der Waals surface area contributed by atoms with Crippen molar-refractivity contribution < 1.29 is 0 Å². The van der Waals surface area contributed by atoms with Gasteiger partial charge >= 0.3 is 0 Å². The lowest BCUT2D eigenvalue weighted by Gasteiger charge is -1.89. The molecule has 0 aromatic carbocycles. The highest BCUT2D eigenvalue weighted by atomic mass is 32.1. The fourth-order valence-electron chi connectivity index (χ4n) is 1.02. The molecule has 5 heteroatoms. The summed E-state index contributed by atoms with van der Waals surface area (Å²) in [5.74, 6) is 0. The average Bonchev–Trinajstić information content (AvgIpc) is 2.71. The Morgan fingerprint density at radius 3 is 2.77 bits per heavy atom. The Morgan fingerprint density at radius 1 is 1.38 bits per heavy atom. The monoisotopic (exact) mass is 211 g/mol. The maximum Gasteiger partial charge on any atom is 0.148 e. The maximum absolute atomic E-state index is 5.47. The van der Waals surface area contributed by atoms with E-state index in [9.17, 15) is 0 Å². The third-order valence-electron chi connectivity index (χ3n) is 1.73. The lowest BCUT2D eigenvalue weighted by molar-refractivity contribution is 0.960. The van der Waals surface area contributed by atoms with Gasteiger partial charge in [-0.3, -0.25) is 0 Å². The molecule has 68 valence electrons. The molecule has 2 rings (SSSR count). The summed E-state index contributed by atoms with van der Waals surface area (Å²) in [5, 5.41) is 14.1. The van der Waals surface area contributed by atoms with E-state index in [1.165, 1.54) is 11.1 Å². The molecule has 0 atom stereocenters. The quantitative estimate of drug-likeness (QED) is 0.827. The molecule has 0 aliphatic rings. The van der Waals surface area contributed by atoms with Gasteiger partial charge in [0, 0.05) is 17.5 Å². The fourth-order valence-corrected chi connectivity index (χ4v) is 2.73. The third-order valence-corrected chi connectivity index (χ3v) is 3.57. The summed E-state index contributed by atoms with van der Waals surface area (Å²) < 4.78 is 0. The number of thiophene rings is 1. The van der Waals surface area contributed by atoms with Crippen LogP contribution < -0.4 is 5.73 Å². The summed E-state index contributed by atoms with van der Waals surface area (Å²) in [4.78, 5) is 0. The molecule has 0 bridgehead atoms. The smallest absolute Gasteiger partial charge is 0.148 e. The van der Waals surface area contributed by atoms with Gasteiger partial charge in [-0.1, -0.05) is 11.3 Å². The summed E-state index contributed by atoms with van der Waals surface area (Å²) in [6, 6.07) is 0. The first-order chi connectivity index (χ1) is 6.31. The topological polar surface area (TPSA) is 51.8 Å². The molecule has 2 aromatic heterocycles. The van der Waals surface area contributed by atoms with E-state index in [0.29, 0.717) is 6.54 Å². The largest absolute Gasteiger partial charge is 0.324 e. The highest BCUT2D eigenvalue weighted by molar-refractivity contribution is 7.15. The Kier molecular flexibility index (Phi) is 2.39. The first kappa shape index (κ1) is 8.80. The molecular weight excluding hydrogens is 202 g/mol. The van der Waals surface area contributed by atoms with Crippen molar-refractivity contribution in [2.45, 2.75) is 13.5 Å². The molecule has 0 aliphatic carbocycles. The molecule has 0 aliphatic heterocycles. The highest BCUT2D eigenvalue weighted by Gasteiger charge is 2.08. The van der Waals surface area contributed by atoms with Crippen LogP contribution in [0.1, 0.15) is 10.6 Å². The molecule has 0 saturated carbocycles. The molecule has 2 N–H and O–H groups in total. The molecule has 13 heavy (non-hydrogen) atoms. The molecule has 0 fully saturated rings. The first-order valence-corrected chi connectivity index (χ1v) is 5.63. The summed E-state index contributed by atoms with van der Waals surface area (Å²) in [5.41, 5.74) is 7.90. The minimum atomic E-state index is 0.473. The van der Waals surface area contributed by atoms with Crippen molar-refractivity contribution in [1.29, 1.82) is 0 Å². The second-order valence-electron chi connectivity index (χ2n) is 2.67. The van der Waals surface area contributed by atoms with E-state index < -0.39 is 0 Å². The van der Waals surface area contributed by atoms with Crippen molar-refractivity contribution in [2.24, 2.45) is 5.73 Å². The Hall–Kier alpha value is -0.780. The fraction of sp³-hybridized carbons (Fsp3) is 0.250. The molecule has 2 aromatic rings. The van der Waals surface area contributed by atoms with E-state index in [1.807, 2.05) is 0 Å². The highest BCUT2D eigenvalue weighted by Crippen LogP contribution is 2.28. The Bertz CT molecular complexity index is 405. The number of hydrogen-bond acceptors (Lipinski definition) is 5. The minimum Gasteiger partial charge on any atom is -0.324 e.